The summed E-state index contributed by atoms with van der Waals surface area (Å²) in [6.45, 7) is 2.67. The van der Waals surface area contributed by atoms with E-state index in [0.717, 1.165) is 63.4 Å². The van der Waals surface area contributed by atoms with Gasteiger partial charge < -0.3 is 20.3 Å². The number of ether oxygens (including phenoxy) is 1. The van der Waals surface area contributed by atoms with Crippen molar-refractivity contribution in [3.63, 3.8) is 0 Å². The third-order valence-electron chi connectivity index (χ3n) is 7.50. The van der Waals surface area contributed by atoms with E-state index < -0.39 is 18.2 Å². The lowest BCUT2D eigenvalue weighted by Gasteiger charge is -2.27. The molecule has 3 rings (SSSR count). The first-order valence-corrected chi connectivity index (χ1v) is 14.8. The van der Waals surface area contributed by atoms with E-state index in [1.54, 1.807) is 24.1 Å². The zero-order valence-electron chi connectivity index (χ0n) is 24.0. The van der Waals surface area contributed by atoms with E-state index in [2.05, 4.69) is 16.1 Å². The molecule has 2 fully saturated rings. The first-order chi connectivity index (χ1) is 19.3. The Kier molecular flexibility index (Phi) is 13.4. The lowest BCUT2D eigenvalue weighted by Crippen LogP contribution is -2.50. The van der Waals surface area contributed by atoms with Crippen molar-refractivity contribution in [1.82, 2.24) is 15.7 Å². The summed E-state index contributed by atoms with van der Waals surface area (Å²) in [6.07, 6.45) is 10.2. The van der Waals surface area contributed by atoms with Gasteiger partial charge in [0.05, 0.1) is 0 Å². The SMILES string of the molecule is CC(=O)Nc1ccc(CC2NC(=O)C(CC(=O)NO[C@H]3CCCCO3)CCCCCCCCCN(C)C2=O)cc1. The standard InChI is InChI=1S/C30H46N4O6/c1-22(35)31-25-16-14-23(15-17-25)20-26-30(38)34(2)18-10-7-5-3-4-6-8-12-24(29(37)32-26)21-27(36)33-40-28-13-9-11-19-39-28/h14-17,24,26,28H,3-13,18-21H2,1-2H3,(H,31,35)(H,32,37)(H,33,36)/t24?,26?,28-/m0/s1. The van der Waals surface area contributed by atoms with Crippen molar-refractivity contribution in [2.24, 2.45) is 5.92 Å². The maximum Gasteiger partial charge on any atom is 0.245 e. The molecule has 2 aliphatic rings. The number of hydrogen-bond acceptors (Lipinski definition) is 6. The minimum absolute atomic E-state index is 0.0271. The molecule has 2 saturated heterocycles. The van der Waals surface area contributed by atoms with Crippen LogP contribution in [0.25, 0.3) is 0 Å². The summed E-state index contributed by atoms with van der Waals surface area (Å²) < 4.78 is 5.50. The van der Waals surface area contributed by atoms with Gasteiger partial charge in [-0.2, -0.15) is 0 Å². The quantitative estimate of drug-likeness (QED) is 0.437. The largest absolute Gasteiger partial charge is 0.350 e. The van der Waals surface area contributed by atoms with Crippen molar-refractivity contribution >= 4 is 29.3 Å². The Labute approximate surface area is 237 Å². The average molecular weight is 559 g/mol. The van der Waals surface area contributed by atoms with Gasteiger partial charge in [-0.3, -0.25) is 19.2 Å². The van der Waals surface area contributed by atoms with Crippen LogP contribution in [-0.4, -0.2) is 61.1 Å². The maximum atomic E-state index is 13.5. The van der Waals surface area contributed by atoms with Gasteiger partial charge in [0.15, 0.2) is 6.29 Å². The Morgan fingerprint density at radius 3 is 2.33 bits per heavy atom. The number of hydroxylamine groups is 1. The van der Waals surface area contributed by atoms with Crippen LogP contribution in [0.3, 0.4) is 0 Å². The van der Waals surface area contributed by atoms with E-state index >= 15 is 0 Å². The molecule has 2 heterocycles. The highest BCUT2D eigenvalue weighted by Crippen LogP contribution is 2.19. The molecule has 0 aromatic heterocycles. The van der Waals surface area contributed by atoms with Crippen LogP contribution in [0.1, 0.15) is 89.5 Å². The summed E-state index contributed by atoms with van der Waals surface area (Å²) in [4.78, 5) is 58.3. The number of benzene rings is 1. The lowest BCUT2D eigenvalue weighted by molar-refractivity contribution is -0.200. The monoisotopic (exact) mass is 558 g/mol. The first kappa shape index (κ1) is 31.5. The molecule has 1 aromatic carbocycles. The Morgan fingerprint density at radius 1 is 0.975 bits per heavy atom. The third-order valence-corrected chi connectivity index (χ3v) is 7.50. The number of carbonyl (C=O) groups is 4. The van der Waals surface area contributed by atoms with Gasteiger partial charge in [-0.25, -0.2) is 10.3 Å². The Morgan fingerprint density at radius 2 is 1.65 bits per heavy atom. The van der Waals surface area contributed by atoms with Crippen LogP contribution < -0.4 is 16.1 Å². The number of hydrogen-bond donors (Lipinski definition) is 3. The number of anilines is 1. The van der Waals surface area contributed by atoms with Crippen LogP contribution in [0.5, 0.6) is 0 Å². The predicted octanol–water partition coefficient (Wildman–Crippen LogP) is 3.85. The third kappa shape index (κ3) is 11.3. The van der Waals surface area contributed by atoms with E-state index in [1.165, 1.54) is 6.92 Å². The normalized spacial score (nSPS) is 23.9. The zero-order valence-corrected chi connectivity index (χ0v) is 24.0. The lowest BCUT2D eigenvalue weighted by atomic mass is 9.95. The highest BCUT2D eigenvalue weighted by molar-refractivity contribution is 5.91. The summed E-state index contributed by atoms with van der Waals surface area (Å²) in [5, 5.41) is 5.71. The van der Waals surface area contributed by atoms with E-state index in [4.69, 9.17) is 9.57 Å². The highest BCUT2D eigenvalue weighted by atomic mass is 16.8. The molecule has 0 aliphatic carbocycles. The van der Waals surface area contributed by atoms with Crippen molar-refractivity contribution in [2.45, 2.75) is 103 Å². The predicted molar refractivity (Wildman–Crippen MR) is 152 cm³/mol. The van der Waals surface area contributed by atoms with Crippen molar-refractivity contribution in [3.05, 3.63) is 29.8 Å². The Bertz CT molecular complexity index is 963. The second-order valence-corrected chi connectivity index (χ2v) is 11.0. The maximum absolute atomic E-state index is 13.5. The summed E-state index contributed by atoms with van der Waals surface area (Å²) in [5.74, 6) is -1.58. The fourth-order valence-corrected chi connectivity index (χ4v) is 5.18. The van der Waals surface area contributed by atoms with Gasteiger partial charge in [0.2, 0.25) is 23.6 Å². The summed E-state index contributed by atoms with van der Waals surface area (Å²) in [5.41, 5.74) is 3.99. The minimum atomic E-state index is -0.772. The van der Waals surface area contributed by atoms with E-state index in [1.807, 2.05) is 12.1 Å². The summed E-state index contributed by atoms with van der Waals surface area (Å²) >= 11 is 0. The molecule has 3 atom stereocenters. The minimum Gasteiger partial charge on any atom is -0.350 e. The number of nitrogens with zero attached hydrogens (tertiary/aromatic N) is 1. The van der Waals surface area contributed by atoms with Gasteiger partial charge >= 0.3 is 0 Å². The molecule has 2 aliphatic heterocycles. The van der Waals surface area contributed by atoms with Gasteiger partial charge in [0, 0.05) is 58.0 Å². The summed E-state index contributed by atoms with van der Waals surface area (Å²) in [7, 11) is 1.77. The van der Waals surface area contributed by atoms with Crippen LogP contribution in [0, 0.1) is 5.92 Å². The van der Waals surface area contributed by atoms with Gasteiger partial charge in [0.1, 0.15) is 6.04 Å². The molecular formula is C30H46N4O6. The first-order valence-electron chi connectivity index (χ1n) is 14.8. The fourth-order valence-electron chi connectivity index (χ4n) is 5.18. The van der Waals surface area contributed by atoms with E-state index in [0.29, 0.717) is 38.1 Å². The van der Waals surface area contributed by atoms with Crippen molar-refractivity contribution < 1.29 is 28.8 Å². The molecule has 3 N–H and O–H groups in total. The second kappa shape index (κ2) is 17.0. The molecule has 222 valence electrons. The molecular weight excluding hydrogens is 512 g/mol. The molecule has 10 nitrogen and oxygen atoms in total. The van der Waals surface area contributed by atoms with Crippen LogP contribution in [0.4, 0.5) is 5.69 Å². The molecule has 0 spiro atoms. The fraction of sp³-hybridized carbons (Fsp3) is 0.667. The van der Waals surface area contributed by atoms with Gasteiger partial charge in [0.25, 0.3) is 0 Å². The molecule has 4 amide bonds. The van der Waals surface area contributed by atoms with Crippen LogP contribution >= 0.6 is 0 Å². The topological polar surface area (TPSA) is 126 Å². The molecule has 0 bridgehead atoms. The molecule has 0 radical (unpaired) electrons. The Hall–Kier alpha value is -2.98. The number of carbonyl (C=O) groups excluding carboxylic acids is 4. The number of rotatable bonds is 7. The van der Waals surface area contributed by atoms with E-state index in [-0.39, 0.29) is 30.0 Å². The number of likely N-dealkylation sites (N-methyl/N-ethyl adjacent to an activating group) is 1. The summed E-state index contributed by atoms with van der Waals surface area (Å²) in [6, 6.07) is 6.48. The molecule has 1 aromatic rings. The van der Waals surface area contributed by atoms with Crippen molar-refractivity contribution in [2.75, 3.05) is 25.5 Å². The van der Waals surface area contributed by atoms with Crippen LogP contribution in [0.15, 0.2) is 24.3 Å². The number of nitrogens with one attached hydrogen (secondary N) is 3. The number of amides is 4. The molecule has 0 saturated carbocycles. The van der Waals surface area contributed by atoms with E-state index in [9.17, 15) is 19.2 Å². The van der Waals surface area contributed by atoms with Gasteiger partial charge in [-0.05, 0) is 43.4 Å². The molecule has 40 heavy (non-hydrogen) atoms. The second-order valence-electron chi connectivity index (χ2n) is 11.0. The zero-order chi connectivity index (χ0) is 28.7. The van der Waals surface area contributed by atoms with Crippen LogP contribution in [0.2, 0.25) is 0 Å². The van der Waals surface area contributed by atoms with Gasteiger partial charge in [-0.1, -0.05) is 50.7 Å². The smallest absolute Gasteiger partial charge is 0.245 e. The Balaban J connectivity index is 1.71. The van der Waals surface area contributed by atoms with Crippen LogP contribution in [-0.2, 0) is 35.2 Å². The van der Waals surface area contributed by atoms with Gasteiger partial charge in [-0.15, -0.1) is 0 Å². The molecule has 10 heteroatoms. The highest BCUT2D eigenvalue weighted by Gasteiger charge is 2.29. The molecule has 2 unspecified atom stereocenters. The average Bonchev–Trinajstić information content (AvgIpc) is 2.94. The van der Waals surface area contributed by atoms with Crippen molar-refractivity contribution in [3.8, 4) is 0 Å². The van der Waals surface area contributed by atoms with Crippen molar-refractivity contribution in [1.29, 1.82) is 0 Å².